The molecule has 1 atom stereocenters. The van der Waals surface area contributed by atoms with Crippen molar-refractivity contribution in [1.82, 2.24) is 10.6 Å². The summed E-state index contributed by atoms with van der Waals surface area (Å²) < 4.78 is 0. The van der Waals surface area contributed by atoms with E-state index in [1.165, 1.54) is 12.1 Å². The number of benzene rings is 1. The first kappa shape index (κ1) is 16.0. The lowest BCUT2D eigenvalue weighted by Gasteiger charge is -2.16. The number of aromatic carboxylic acids is 1. The van der Waals surface area contributed by atoms with Gasteiger partial charge < -0.3 is 15.7 Å². The molecule has 0 aromatic heterocycles. The quantitative estimate of drug-likeness (QED) is 0.717. The van der Waals surface area contributed by atoms with Crippen molar-refractivity contribution >= 4 is 12.0 Å². The fourth-order valence-electron chi connectivity index (χ4n) is 1.91. The van der Waals surface area contributed by atoms with Crippen molar-refractivity contribution in [2.45, 2.75) is 45.7 Å². The molecule has 0 aliphatic rings. The van der Waals surface area contributed by atoms with Crippen LogP contribution in [-0.4, -0.2) is 23.1 Å². The SMILES string of the molecule is CCCC(CC)NC(=O)NCc1ccc(C(=O)O)cc1. The molecule has 0 fully saturated rings. The second-order valence-corrected chi connectivity index (χ2v) is 4.72. The molecule has 1 aromatic carbocycles. The van der Waals surface area contributed by atoms with Gasteiger partial charge in [0, 0.05) is 12.6 Å². The number of urea groups is 1. The van der Waals surface area contributed by atoms with Crippen LogP contribution in [0.25, 0.3) is 0 Å². The molecule has 0 saturated carbocycles. The number of hydrogen-bond acceptors (Lipinski definition) is 2. The van der Waals surface area contributed by atoms with Crippen LogP contribution in [-0.2, 0) is 6.54 Å². The number of amides is 2. The minimum absolute atomic E-state index is 0.187. The lowest BCUT2D eigenvalue weighted by Crippen LogP contribution is -2.41. The Hall–Kier alpha value is -2.04. The fourth-order valence-corrected chi connectivity index (χ4v) is 1.91. The van der Waals surface area contributed by atoms with E-state index in [9.17, 15) is 9.59 Å². The van der Waals surface area contributed by atoms with Gasteiger partial charge >= 0.3 is 12.0 Å². The van der Waals surface area contributed by atoms with E-state index >= 15 is 0 Å². The average molecular weight is 278 g/mol. The molecule has 1 unspecified atom stereocenters. The zero-order valence-electron chi connectivity index (χ0n) is 12.0. The van der Waals surface area contributed by atoms with E-state index in [4.69, 9.17) is 5.11 Å². The second kappa shape index (κ2) is 8.19. The minimum atomic E-state index is -0.951. The Labute approximate surface area is 119 Å². The van der Waals surface area contributed by atoms with Gasteiger partial charge in [0.1, 0.15) is 0 Å². The zero-order valence-corrected chi connectivity index (χ0v) is 12.0. The van der Waals surface area contributed by atoms with Gasteiger partial charge in [0.15, 0.2) is 0 Å². The van der Waals surface area contributed by atoms with Crippen LogP contribution in [0.1, 0.15) is 49.0 Å². The third-order valence-corrected chi connectivity index (χ3v) is 3.12. The molecule has 0 aliphatic heterocycles. The van der Waals surface area contributed by atoms with Crippen molar-refractivity contribution in [3.63, 3.8) is 0 Å². The lowest BCUT2D eigenvalue weighted by atomic mass is 10.1. The van der Waals surface area contributed by atoms with Gasteiger partial charge in [-0.3, -0.25) is 0 Å². The van der Waals surface area contributed by atoms with Gasteiger partial charge in [-0.2, -0.15) is 0 Å². The summed E-state index contributed by atoms with van der Waals surface area (Å²) in [6.45, 7) is 4.52. The molecule has 0 spiro atoms. The maximum Gasteiger partial charge on any atom is 0.335 e. The smallest absolute Gasteiger partial charge is 0.335 e. The molecular weight excluding hydrogens is 256 g/mol. The summed E-state index contributed by atoms with van der Waals surface area (Å²) in [6.07, 6.45) is 2.92. The fraction of sp³-hybridized carbons (Fsp3) is 0.467. The van der Waals surface area contributed by atoms with Gasteiger partial charge in [0.2, 0.25) is 0 Å². The Morgan fingerprint density at radius 1 is 1.20 bits per heavy atom. The monoisotopic (exact) mass is 278 g/mol. The van der Waals surface area contributed by atoms with Gasteiger partial charge in [0.25, 0.3) is 0 Å². The standard InChI is InChI=1S/C15H22N2O3/c1-3-5-13(4-2)17-15(20)16-10-11-6-8-12(9-7-11)14(18)19/h6-9,13H,3-5,10H2,1-2H3,(H,18,19)(H2,16,17,20). The molecule has 2 amide bonds. The maximum absolute atomic E-state index is 11.7. The topological polar surface area (TPSA) is 78.4 Å². The van der Waals surface area contributed by atoms with E-state index < -0.39 is 5.97 Å². The first-order chi connectivity index (χ1) is 9.56. The molecule has 1 aromatic rings. The number of rotatable bonds is 7. The highest BCUT2D eigenvalue weighted by Gasteiger charge is 2.09. The Morgan fingerprint density at radius 2 is 1.85 bits per heavy atom. The summed E-state index contributed by atoms with van der Waals surface area (Å²) in [5, 5.41) is 14.5. The average Bonchev–Trinajstić information content (AvgIpc) is 2.45. The third-order valence-electron chi connectivity index (χ3n) is 3.12. The van der Waals surface area contributed by atoms with E-state index in [-0.39, 0.29) is 17.6 Å². The van der Waals surface area contributed by atoms with Crippen LogP contribution in [0, 0.1) is 0 Å². The van der Waals surface area contributed by atoms with Gasteiger partial charge in [-0.25, -0.2) is 9.59 Å². The summed E-state index contributed by atoms with van der Waals surface area (Å²) in [7, 11) is 0. The normalized spacial score (nSPS) is 11.7. The van der Waals surface area contributed by atoms with Crippen LogP contribution in [0.2, 0.25) is 0 Å². The van der Waals surface area contributed by atoms with Crippen molar-refractivity contribution in [1.29, 1.82) is 0 Å². The molecule has 110 valence electrons. The van der Waals surface area contributed by atoms with Gasteiger partial charge in [-0.15, -0.1) is 0 Å². The summed E-state index contributed by atoms with van der Waals surface area (Å²) in [6, 6.07) is 6.48. The highest BCUT2D eigenvalue weighted by molar-refractivity contribution is 5.87. The Balaban J connectivity index is 2.42. The summed E-state index contributed by atoms with van der Waals surface area (Å²) in [4.78, 5) is 22.4. The summed E-state index contributed by atoms with van der Waals surface area (Å²) in [5.74, 6) is -0.951. The van der Waals surface area contributed by atoms with Crippen molar-refractivity contribution in [2.24, 2.45) is 0 Å². The molecule has 0 heterocycles. The van der Waals surface area contributed by atoms with Gasteiger partial charge in [0.05, 0.1) is 5.56 Å². The molecule has 0 saturated heterocycles. The van der Waals surface area contributed by atoms with Crippen LogP contribution < -0.4 is 10.6 Å². The molecule has 5 nitrogen and oxygen atoms in total. The molecular formula is C15H22N2O3. The van der Waals surface area contributed by atoms with Crippen molar-refractivity contribution < 1.29 is 14.7 Å². The number of carboxylic acids is 1. The summed E-state index contributed by atoms with van der Waals surface area (Å²) >= 11 is 0. The van der Waals surface area contributed by atoms with E-state index in [1.54, 1.807) is 12.1 Å². The number of carbonyl (C=O) groups is 2. The number of carboxylic acid groups (broad SMARTS) is 1. The van der Waals surface area contributed by atoms with Crippen LogP contribution in [0.3, 0.4) is 0 Å². The Kier molecular flexibility index (Phi) is 6.56. The van der Waals surface area contributed by atoms with E-state index in [0.717, 1.165) is 24.8 Å². The molecule has 3 N–H and O–H groups in total. The second-order valence-electron chi connectivity index (χ2n) is 4.72. The maximum atomic E-state index is 11.7. The number of nitrogens with one attached hydrogen (secondary N) is 2. The number of hydrogen-bond donors (Lipinski definition) is 3. The third kappa shape index (κ3) is 5.30. The van der Waals surface area contributed by atoms with Gasteiger partial charge in [-0.1, -0.05) is 32.4 Å². The highest BCUT2D eigenvalue weighted by Crippen LogP contribution is 2.04. The van der Waals surface area contributed by atoms with Crippen LogP contribution in [0.15, 0.2) is 24.3 Å². The predicted octanol–water partition coefficient (Wildman–Crippen LogP) is 2.76. The van der Waals surface area contributed by atoms with Crippen LogP contribution in [0.5, 0.6) is 0 Å². The molecule has 1 rings (SSSR count). The van der Waals surface area contributed by atoms with E-state index in [0.29, 0.717) is 6.54 Å². The Morgan fingerprint density at radius 3 is 2.35 bits per heavy atom. The molecule has 5 heteroatoms. The predicted molar refractivity (Wildman–Crippen MR) is 77.8 cm³/mol. The Bertz CT molecular complexity index is 443. The molecule has 0 aliphatic carbocycles. The summed E-state index contributed by atoms with van der Waals surface area (Å²) in [5.41, 5.74) is 1.11. The minimum Gasteiger partial charge on any atom is -0.478 e. The molecule has 0 radical (unpaired) electrons. The van der Waals surface area contributed by atoms with Crippen molar-refractivity contribution in [3.8, 4) is 0 Å². The van der Waals surface area contributed by atoms with Gasteiger partial charge in [-0.05, 0) is 30.5 Å². The van der Waals surface area contributed by atoms with Crippen molar-refractivity contribution in [3.05, 3.63) is 35.4 Å². The van der Waals surface area contributed by atoms with Crippen LogP contribution >= 0.6 is 0 Å². The zero-order chi connectivity index (χ0) is 15.0. The van der Waals surface area contributed by atoms with E-state index in [1.807, 2.05) is 6.92 Å². The molecule has 20 heavy (non-hydrogen) atoms. The highest BCUT2D eigenvalue weighted by atomic mass is 16.4. The van der Waals surface area contributed by atoms with E-state index in [2.05, 4.69) is 17.6 Å². The first-order valence-electron chi connectivity index (χ1n) is 6.93. The lowest BCUT2D eigenvalue weighted by molar-refractivity contribution is 0.0697. The first-order valence-corrected chi connectivity index (χ1v) is 6.93. The van der Waals surface area contributed by atoms with Crippen LogP contribution in [0.4, 0.5) is 4.79 Å². The van der Waals surface area contributed by atoms with Crippen molar-refractivity contribution in [2.75, 3.05) is 0 Å². The largest absolute Gasteiger partial charge is 0.478 e. The number of carbonyl (C=O) groups excluding carboxylic acids is 1. The molecule has 0 bridgehead atoms.